The monoisotopic (exact) mass is 393 g/mol. The molecule has 0 saturated heterocycles. The number of carbonyl (C=O) groups excluding carboxylic acids is 1. The second-order valence-electron chi connectivity index (χ2n) is 7.13. The van der Waals surface area contributed by atoms with E-state index in [9.17, 15) is 4.79 Å². The van der Waals surface area contributed by atoms with Crippen molar-refractivity contribution in [2.24, 2.45) is 0 Å². The number of hydrogen-bond acceptors (Lipinski definition) is 5. The van der Waals surface area contributed by atoms with Gasteiger partial charge in [-0.05, 0) is 44.5 Å². The molecule has 1 aromatic heterocycles. The molecular formula is C23H27N3O3. The zero-order valence-electron chi connectivity index (χ0n) is 17.2. The molecule has 0 atom stereocenters. The number of unbranched alkanes of at least 4 members (excludes halogenated alkanes) is 1. The van der Waals surface area contributed by atoms with Gasteiger partial charge in [-0.25, -0.2) is 0 Å². The molecule has 0 unspecified atom stereocenters. The molecule has 6 heteroatoms. The standard InChI is InChI=1S/C23H27N3O3/c1-4-5-15-28-20-13-11-19(12-14-20)23(27)26(17(2)3)16-21-24-22(25-29-21)18-9-7-6-8-10-18/h6-14,17H,4-5,15-16H2,1-3H3. The van der Waals surface area contributed by atoms with Crippen molar-refractivity contribution < 1.29 is 14.1 Å². The lowest BCUT2D eigenvalue weighted by molar-refractivity contribution is 0.0667. The van der Waals surface area contributed by atoms with E-state index in [4.69, 9.17) is 9.26 Å². The van der Waals surface area contributed by atoms with Gasteiger partial charge in [-0.15, -0.1) is 0 Å². The molecule has 0 bridgehead atoms. The molecule has 6 nitrogen and oxygen atoms in total. The van der Waals surface area contributed by atoms with Crippen LogP contribution in [0.4, 0.5) is 0 Å². The largest absolute Gasteiger partial charge is 0.494 e. The number of aromatic nitrogens is 2. The predicted octanol–water partition coefficient (Wildman–Crippen LogP) is 4.97. The molecule has 0 fully saturated rings. The molecule has 1 amide bonds. The van der Waals surface area contributed by atoms with Crippen LogP contribution in [-0.2, 0) is 6.54 Å². The van der Waals surface area contributed by atoms with E-state index in [2.05, 4.69) is 17.1 Å². The van der Waals surface area contributed by atoms with Gasteiger partial charge in [0, 0.05) is 17.2 Å². The van der Waals surface area contributed by atoms with Gasteiger partial charge in [0.25, 0.3) is 5.91 Å². The van der Waals surface area contributed by atoms with E-state index in [0.29, 0.717) is 23.9 Å². The third-order valence-electron chi connectivity index (χ3n) is 4.56. The SMILES string of the molecule is CCCCOc1ccc(C(=O)N(Cc2nc(-c3ccccc3)no2)C(C)C)cc1. The Morgan fingerprint density at radius 2 is 1.83 bits per heavy atom. The Labute approximate surface area is 171 Å². The summed E-state index contributed by atoms with van der Waals surface area (Å²) >= 11 is 0. The van der Waals surface area contributed by atoms with Crippen molar-refractivity contribution in [3.05, 3.63) is 66.1 Å². The molecule has 0 radical (unpaired) electrons. The van der Waals surface area contributed by atoms with Crippen molar-refractivity contribution in [3.63, 3.8) is 0 Å². The van der Waals surface area contributed by atoms with Crippen molar-refractivity contribution in [1.82, 2.24) is 15.0 Å². The van der Waals surface area contributed by atoms with Gasteiger partial charge in [0.15, 0.2) is 0 Å². The highest BCUT2D eigenvalue weighted by Crippen LogP contribution is 2.19. The van der Waals surface area contributed by atoms with Gasteiger partial charge in [-0.3, -0.25) is 4.79 Å². The summed E-state index contributed by atoms with van der Waals surface area (Å²) in [5, 5.41) is 4.04. The molecule has 0 aliphatic carbocycles. The van der Waals surface area contributed by atoms with Crippen LogP contribution in [0.5, 0.6) is 5.75 Å². The fraction of sp³-hybridized carbons (Fsp3) is 0.348. The molecule has 0 saturated carbocycles. The summed E-state index contributed by atoms with van der Waals surface area (Å²) in [5.74, 6) is 1.62. The van der Waals surface area contributed by atoms with Crippen LogP contribution in [0, 0.1) is 0 Å². The first-order chi connectivity index (χ1) is 14.1. The first-order valence-corrected chi connectivity index (χ1v) is 10.00. The van der Waals surface area contributed by atoms with E-state index in [1.807, 2.05) is 56.3 Å². The average molecular weight is 393 g/mol. The molecule has 0 spiro atoms. The second kappa shape index (κ2) is 9.87. The maximum absolute atomic E-state index is 13.0. The predicted molar refractivity (Wildman–Crippen MR) is 112 cm³/mol. The normalized spacial score (nSPS) is 10.9. The Hall–Kier alpha value is -3.15. The Kier molecular flexibility index (Phi) is 7.00. The van der Waals surface area contributed by atoms with E-state index in [1.54, 1.807) is 17.0 Å². The van der Waals surface area contributed by atoms with Crippen molar-refractivity contribution in [2.75, 3.05) is 6.61 Å². The first-order valence-electron chi connectivity index (χ1n) is 10.00. The summed E-state index contributed by atoms with van der Waals surface area (Å²) in [5.41, 5.74) is 1.48. The van der Waals surface area contributed by atoms with E-state index >= 15 is 0 Å². The van der Waals surface area contributed by atoms with Gasteiger partial charge in [-0.1, -0.05) is 48.8 Å². The lowest BCUT2D eigenvalue weighted by Gasteiger charge is -2.25. The average Bonchev–Trinajstić information content (AvgIpc) is 3.21. The summed E-state index contributed by atoms with van der Waals surface area (Å²) in [6.07, 6.45) is 2.10. The minimum Gasteiger partial charge on any atom is -0.494 e. The first kappa shape index (κ1) is 20.6. The van der Waals surface area contributed by atoms with Gasteiger partial charge in [0.1, 0.15) is 12.3 Å². The zero-order chi connectivity index (χ0) is 20.6. The molecule has 3 aromatic rings. The molecule has 152 valence electrons. The minimum absolute atomic E-state index is 0.0185. The molecule has 1 heterocycles. The van der Waals surface area contributed by atoms with Crippen LogP contribution in [0.15, 0.2) is 59.1 Å². The number of benzene rings is 2. The van der Waals surface area contributed by atoms with Gasteiger partial charge in [0.2, 0.25) is 11.7 Å². The fourth-order valence-electron chi connectivity index (χ4n) is 2.85. The summed E-state index contributed by atoms with van der Waals surface area (Å²) < 4.78 is 11.1. The van der Waals surface area contributed by atoms with E-state index < -0.39 is 0 Å². The Morgan fingerprint density at radius 1 is 1.10 bits per heavy atom. The van der Waals surface area contributed by atoms with Crippen LogP contribution < -0.4 is 4.74 Å². The quantitative estimate of drug-likeness (QED) is 0.480. The maximum Gasteiger partial charge on any atom is 0.254 e. The number of nitrogens with zero attached hydrogens (tertiary/aromatic N) is 3. The highest BCUT2D eigenvalue weighted by atomic mass is 16.5. The second-order valence-corrected chi connectivity index (χ2v) is 7.13. The molecular weight excluding hydrogens is 366 g/mol. The van der Waals surface area contributed by atoms with Gasteiger partial charge in [0.05, 0.1) is 6.61 Å². The summed E-state index contributed by atoms with van der Waals surface area (Å²) in [6.45, 7) is 6.99. The number of amides is 1. The van der Waals surface area contributed by atoms with Crippen molar-refractivity contribution in [3.8, 4) is 17.1 Å². The van der Waals surface area contributed by atoms with Crippen LogP contribution >= 0.6 is 0 Å². The maximum atomic E-state index is 13.0. The summed E-state index contributed by atoms with van der Waals surface area (Å²) in [7, 11) is 0. The van der Waals surface area contributed by atoms with Crippen LogP contribution in [-0.4, -0.2) is 33.6 Å². The topological polar surface area (TPSA) is 68.5 Å². The van der Waals surface area contributed by atoms with Crippen LogP contribution in [0.25, 0.3) is 11.4 Å². The van der Waals surface area contributed by atoms with Crippen molar-refractivity contribution in [2.45, 2.75) is 46.2 Å². The highest BCUT2D eigenvalue weighted by molar-refractivity contribution is 5.94. The Morgan fingerprint density at radius 3 is 2.48 bits per heavy atom. The van der Waals surface area contributed by atoms with Crippen molar-refractivity contribution in [1.29, 1.82) is 0 Å². The molecule has 0 aliphatic heterocycles. The number of hydrogen-bond donors (Lipinski definition) is 0. The van der Waals surface area contributed by atoms with Gasteiger partial charge in [-0.2, -0.15) is 4.98 Å². The molecule has 3 rings (SSSR count). The Bertz CT molecular complexity index is 905. The summed E-state index contributed by atoms with van der Waals surface area (Å²) in [6, 6.07) is 16.9. The van der Waals surface area contributed by atoms with Crippen molar-refractivity contribution >= 4 is 5.91 Å². The lowest BCUT2D eigenvalue weighted by Crippen LogP contribution is -2.36. The third kappa shape index (κ3) is 5.44. The number of carbonyl (C=O) groups is 1. The zero-order valence-corrected chi connectivity index (χ0v) is 17.2. The molecule has 2 aromatic carbocycles. The third-order valence-corrected chi connectivity index (χ3v) is 4.56. The molecule has 0 aliphatic rings. The lowest BCUT2D eigenvalue weighted by atomic mass is 10.1. The summed E-state index contributed by atoms with van der Waals surface area (Å²) in [4.78, 5) is 19.2. The fourth-order valence-corrected chi connectivity index (χ4v) is 2.85. The van der Waals surface area contributed by atoms with Gasteiger partial charge < -0.3 is 14.2 Å². The number of ether oxygens (including phenoxy) is 1. The highest BCUT2D eigenvalue weighted by Gasteiger charge is 2.22. The molecule has 0 N–H and O–H groups in total. The molecule has 29 heavy (non-hydrogen) atoms. The number of rotatable bonds is 9. The van der Waals surface area contributed by atoms with E-state index in [-0.39, 0.29) is 18.5 Å². The van der Waals surface area contributed by atoms with Crippen LogP contribution in [0.2, 0.25) is 0 Å². The van der Waals surface area contributed by atoms with E-state index in [1.165, 1.54) is 0 Å². The van der Waals surface area contributed by atoms with E-state index in [0.717, 1.165) is 24.2 Å². The van der Waals surface area contributed by atoms with Gasteiger partial charge >= 0.3 is 0 Å². The Balaban J connectivity index is 1.69. The minimum atomic E-state index is -0.0837. The van der Waals surface area contributed by atoms with Crippen LogP contribution in [0.3, 0.4) is 0 Å². The smallest absolute Gasteiger partial charge is 0.254 e. The van der Waals surface area contributed by atoms with Crippen LogP contribution in [0.1, 0.15) is 49.9 Å².